The van der Waals surface area contributed by atoms with E-state index in [0.717, 1.165) is 24.2 Å². The van der Waals surface area contributed by atoms with Crippen LogP contribution in [-0.4, -0.2) is 32.7 Å². The molecule has 30 heavy (non-hydrogen) atoms. The van der Waals surface area contributed by atoms with Crippen molar-refractivity contribution in [2.75, 3.05) is 17.1 Å². The first-order valence-electron chi connectivity index (χ1n) is 10.4. The van der Waals surface area contributed by atoms with Crippen molar-refractivity contribution >= 4 is 21.6 Å². The normalized spacial score (nSPS) is 17.5. The van der Waals surface area contributed by atoms with Crippen LogP contribution in [0.25, 0.3) is 0 Å². The van der Waals surface area contributed by atoms with Crippen LogP contribution in [0.3, 0.4) is 0 Å². The molecular formula is C23H30N2O4S. The lowest BCUT2D eigenvalue weighted by Gasteiger charge is -2.41. The first-order chi connectivity index (χ1) is 14.2. The van der Waals surface area contributed by atoms with Gasteiger partial charge in [0, 0.05) is 24.1 Å². The highest BCUT2D eigenvalue weighted by Crippen LogP contribution is 2.42. The van der Waals surface area contributed by atoms with Gasteiger partial charge in [-0.2, -0.15) is 0 Å². The highest BCUT2D eigenvalue weighted by molar-refractivity contribution is 7.92. The average molecular weight is 431 g/mol. The summed E-state index contributed by atoms with van der Waals surface area (Å²) in [5, 5.41) is 3.16. The first-order valence-corrected chi connectivity index (χ1v) is 12.2. The summed E-state index contributed by atoms with van der Waals surface area (Å²) in [6.07, 6.45) is 3.60. The molecule has 0 unspecified atom stereocenters. The van der Waals surface area contributed by atoms with Gasteiger partial charge in [0.1, 0.15) is 11.4 Å². The maximum atomic E-state index is 13.0. The minimum absolute atomic E-state index is 0.148. The highest BCUT2D eigenvalue weighted by atomic mass is 32.2. The standard InChI is InChI=1S/C23H30N2O4S/c1-5-23(6-2)16-20(19-10-8-9-11-21(19)29-23)24-22(26)17-12-14-18(15-13-17)25(7-3)30(4,27)28/h8-15,20H,5-7,16H2,1-4H3,(H,24,26)/t20-/m1/s1. The number of para-hydroxylation sites is 1. The zero-order valence-electron chi connectivity index (χ0n) is 18.0. The fraction of sp³-hybridized carbons (Fsp3) is 0.435. The third-order valence-electron chi connectivity index (χ3n) is 5.90. The molecule has 2 aromatic rings. The minimum Gasteiger partial charge on any atom is -0.487 e. The molecule has 0 radical (unpaired) electrons. The van der Waals surface area contributed by atoms with Gasteiger partial charge in [-0.3, -0.25) is 9.10 Å². The molecule has 1 atom stereocenters. The summed E-state index contributed by atoms with van der Waals surface area (Å²) < 4.78 is 31.4. The summed E-state index contributed by atoms with van der Waals surface area (Å²) in [5.41, 5.74) is 1.72. The minimum atomic E-state index is -3.36. The van der Waals surface area contributed by atoms with E-state index in [0.29, 0.717) is 24.2 Å². The van der Waals surface area contributed by atoms with Gasteiger partial charge in [-0.15, -0.1) is 0 Å². The van der Waals surface area contributed by atoms with Crippen molar-refractivity contribution in [3.63, 3.8) is 0 Å². The summed E-state index contributed by atoms with van der Waals surface area (Å²) >= 11 is 0. The predicted molar refractivity (Wildman–Crippen MR) is 120 cm³/mol. The van der Waals surface area contributed by atoms with Gasteiger partial charge in [-0.05, 0) is 50.1 Å². The number of benzene rings is 2. The number of fused-ring (bicyclic) bond motifs is 1. The maximum absolute atomic E-state index is 13.0. The van der Waals surface area contributed by atoms with Crippen LogP contribution in [-0.2, 0) is 10.0 Å². The van der Waals surface area contributed by atoms with Gasteiger partial charge < -0.3 is 10.1 Å². The average Bonchev–Trinajstić information content (AvgIpc) is 2.73. The SMILES string of the molecule is CCN(c1ccc(C(=O)N[C@@H]2CC(CC)(CC)Oc3ccccc32)cc1)S(C)(=O)=O. The molecular weight excluding hydrogens is 400 g/mol. The van der Waals surface area contributed by atoms with Gasteiger partial charge in [-0.25, -0.2) is 8.42 Å². The Bertz CT molecular complexity index is 998. The Morgan fingerprint density at radius 3 is 2.30 bits per heavy atom. The molecule has 0 saturated heterocycles. The van der Waals surface area contributed by atoms with Crippen molar-refractivity contribution < 1.29 is 17.9 Å². The number of carbonyl (C=O) groups excluding carboxylic acids is 1. The van der Waals surface area contributed by atoms with Gasteiger partial charge in [0.25, 0.3) is 5.91 Å². The number of ether oxygens (including phenoxy) is 1. The van der Waals surface area contributed by atoms with Crippen molar-refractivity contribution in [3.8, 4) is 5.75 Å². The molecule has 162 valence electrons. The molecule has 0 aliphatic carbocycles. The Labute approximate surface area is 179 Å². The van der Waals surface area contributed by atoms with Gasteiger partial charge >= 0.3 is 0 Å². The van der Waals surface area contributed by atoms with Gasteiger partial charge in [0.2, 0.25) is 10.0 Å². The third-order valence-corrected chi connectivity index (χ3v) is 7.17. The van der Waals surface area contributed by atoms with E-state index >= 15 is 0 Å². The number of anilines is 1. The van der Waals surface area contributed by atoms with Crippen LogP contribution in [0, 0.1) is 0 Å². The third kappa shape index (κ3) is 4.46. The van der Waals surface area contributed by atoms with E-state index in [-0.39, 0.29) is 17.6 Å². The monoisotopic (exact) mass is 430 g/mol. The van der Waals surface area contributed by atoms with Crippen LogP contribution in [0.5, 0.6) is 5.75 Å². The Morgan fingerprint density at radius 1 is 1.10 bits per heavy atom. The molecule has 1 aliphatic rings. The van der Waals surface area contributed by atoms with E-state index in [1.54, 1.807) is 31.2 Å². The van der Waals surface area contributed by atoms with Gasteiger partial charge in [0.15, 0.2) is 0 Å². The smallest absolute Gasteiger partial charge is 0.251 e. The number of amides is 1. The fourth-order valence-electron chi connectivity index (χ4n) is 4.06. The topological polar surface area (TPSA) is 75.7 Å². The van der Waals surface area contributed by atoms with Crippen LogP contribution in [0.15, 0.2) is 48.5 Å². The lowest BCUT2D eigenvalue weighted by atomic mass is 9.83. The van der Waals surface area contributed by atoms with Gasteiger partial charge in [-0.1, -0.05) is 32.0 Å². The zero-order chi connectivity index (χ0) is 21.9. The number of nitrogens with one attached hydrogen (secondary N) is 1. The molecule has 7 heteroatoms. The number of carbonyl (C=O) groups is 1. The Balaban J connectivity index is 1.83. The molecule has 0 aromatic heterocycles. The summed E-state index contributed by atoms with van der Waals surface area (Å²) in [7, 11) is -3.36. The molecule has 3 rings (SSSR count). The molecule has 1 heterocycles. The second-order valence-electron chi connectivity index (χ2n) is 7.73. The molecule has 1 aliphatic heterocycles. The van der Waals surface area contributed by atoms with Crippen molar-refractivity contribution in [2.45, 2.75) is 51.7 Å². The number of sulfonamides is 1. The lowest BCUT2D eigenvalue weighted by Crippen LogP contribution is -2.44. The van der Waals surface area contributed by atoms with E-state index in [9.17, 15) is 13.2 Å². The second kappa shape index (κ2) is 8.68. The first kappa shape index (κ1) is 22.2. The van der Waals surface area contributed by atoms with Crippen LogP contribution in [0.4, 0.5) is 5.69 Å². The van der Waals surface area contributed by atoms with E-state index in [2.05, 4.69) is 19.2 Å². The number of rotatable bonds is 7. The molecule has 0 spiro atoms. The molecule has 1 amide bonds. The lowest BCUT2D eigenvalue weighted by molar-refractivity contribution is 0.0227. The summed E-state index contributed by atoms with van der Waals surface area (Å²) in [6.45, 7) is 6.32. The Kier molecular flexibility index (Phi) is 6.41. The predicted octanol–water partition coefficient (Wildman–Crippen LogP) is 4.28. The van der Waals surface area contributed by atoms with E-state index in [1.165, 1.54) is 10.6 Å². The summed E-state index contributed by atoms with van der Waals surface area (Å²) in [4.78, 5) is 13.0. The summed E-state index contributed by atoms with van der Waals surface area (Å²) in [5.74, 6) is 0.631. The zero-order valence-corrected chi connectivity index (χ0v) is 18.8. The largest absolute Gasteiger partial charge is 0.487 e. The van der Waals surface area contributed by atoms with E-state index < -0.39 is 10.0 Å². The van der Waals surface area contributed by atoms with Crippen molar-refractivity contribution in [1.29, 1.82) is 0 Å². The molecule has 0 bridgehead atoms. The molecule has 2 aromatic carbocycles. The van der Waals surface area contributed by atoms with Gasteiger partial charge in [0.05, 0.1) is 18.0 Å². The van der Waals surface area contributed by atoms with Crippen molar-refractivity contribution in [2.24, 2.45) is 0 Å². The Morgan fingerprint density at radius 2 is 1.73 bits per heavy atom. The van der Waals surface area contributed by atoms with Crippen LogP contribution in [0.2, 0.25) is 0 Å². The highest BCUT2D eigenvalue weighted by Gasteiger charge is 2.39. The van der Waals surface area contributed by atoms with Crippen LogP contribution >= 0.6 is 0 Å². The Hall–Kier alpha value is -2.54. The number of hydrogen-bond donors (Lipinski definition) is 1. The van der Waals surface area contributed by atoms with Crippen LogP contribution in [0.1, 0.15) is 62.0 Å². The number of nitrogens with zero attached hydrogens (tertiary/aromatic N) is 1. The maximum Gasteiger partial charge on any atom is 0.251 e. The number of hydrogen-bond acceptors (Lipinski definition) is 4. The van der Waals surface area contributed by atoms with Crippen molar-refractivity contribution in [1.82, 2.24) is 5.32 Å². The van der Waals surface area contributed by atoms with Crippen molar-refractivity contribution in [3.05, 3.63) is 59.7 Å². The molecule has 0 fully saturated rings. The molecule has 1 N–H and O–H groups in total. The summed E-state index contributed by atoms with van der Waals surface area (Å²) in [6, 6.07) is 14.3. The van der Waals surface area contributed by atoms with E-state index in [1.807, 2.05) is 24.3 Å². The quantitative estimate of drug-likeness (QED) is 0.711. The fourth-order valence-corrected chi connectivity index (χ4v) is 5.03. The molecule has 6 nitrogen and oxygen atoms in total. The second-order valence-corrected chi connectivity index (χ2v) is 9.64. The van der Waals surface area contributed by atoms with E-state index in [4.69, 9.17) is 4.74 Å². The van der Waals surface area contributed by atoms with Crippen LogP contribution < -0.4 is 14.4 Å². The molecule has 0 saturated carbocycles.